The van der Waals surface area contributed by atoms with Gasteiger partial charge >= 0.3 is 0 Å². The zero-order valence-corrected chi connectivity index (χ0v) is 18.2. The van der Waals surface area contributed by atoms with E-state index in [4.69, 9.17) is 0 Å². The van der Waals surface area contributed by atoms with Crippen LogP contribution in [0.5, 0.6) is 0 Å². The smallest absolute Gasteiger partial charge is 0.259 e. The zero-order valence-electron chi connectivity index (χ0n) is 16.5. The summed E-state index contributed by atoms with van der Waals surface area (Å²) in [5.41, 5.74) is 6.45. The summed E-state index contributed by atoms with van der Waals surface area (Å²) in [7, 11) is -3.16. The second kappa shape index (κ2) is 6.24. The van der Waals surface area contributed by atoms with E-state index in [-0.39, 0.29) is 17.6 Å². The van der Waals surface area contributed by atoms with Crippen LogP contribution < -0.4 is 5.32 Å². The van der Waals surface area contributed by atoms with Crippen LogP contribution in [0.15, 0.2) is 23.6 Å². The molecule has 0 spiro atoms. The number of carbonyl (C=O) groups excluding carboxylic acids is 2. The molecular weight excluding hydrogens is 434 g/mol. The number of aromatic nitrogens is 2. The summed E-state index contributed by atoms with van der Waals surface area (Å²) in [5, 5.41) is 6.50. The van der Waals surface area contributed by atoms with Crippen LogP contribution in [-0.4, -0.2) is 36.5 Å². The lowest BCUT2D eigenvalue weighted by atomic mass is 9.93. The summed E-state index contributed by atoms with van der Waals surface area (Å²) in [6, 6.07) is 5.84. The van der Waals surface area contributed by atoms with Gasteiger partial charge in [0.1, 0.15) is 10.8 Å². The molecule has 2 amide bonds. The molecule has 2 aromatic carbocycles. The number of benzene rings is 2. The third-order valence-electron chi connectivity index (χ3n) is 6.03. The molecule has 0 fully saturated rings. The fraction of sp³-hybridized carbons (Fsp3) is 0.227. The maximum absolute atomic E-state index is 12.7. The maximum Gasteiger partial charge on any atom is 0.259 e. The Kier molecular flexibility index (Phi) is 3.77. The first-order valence-electron chi connectivity index (χ1n) is 9.91. The van der Waals surface area contributed by atoms with E-state index in [2.05, 4.69) is 15.3 Å². The molecule has 156 valence electrons. The lowest BCUT2D eigenvalue weighted by Gasteiger charge is -2.07. The first-order valence-corrected chi connectivity index (χ1v) is 12.9. The number of imide groups is 1. The van der Waals surface area contributed by atoms with Gasteiger partial charge in [0, 0.05) is 33.5 Å². The van der Waals surface area contributed by atoms with Crippen molar-refractivity contribution >= 4 is 54.8 Å². The fourth-order valence-electron chi connectivity index (χ4n) is 4.85. The SMILES string of the molecule is CS(=O)(=O)Cc1nc(-c2ccc3[nH]c4c5c(c6c(c4c3c2)C(=O)NC6=O)CCC5)cs1. The van der Waals surface area contributed by atoms with Crippen molar-refractivity contribution < 1.29 is 18.0 Å². The Hall–Kier alpha value is -3.04. The number of thiazole rings is 1. The highest BCUT2D eigenvalue weighted by Crippen LogP contribution is 2.42. The standard InChI is InChI=1S/C22H17N3O4S2/c1-31(28,29)9-16-23-15(8-30-16)10-5-6-14-13(7-10)17-19-18(21(26)25-22(19)27)11-3-2-4-12(11)20(17)24-14/h5-8,24H,2-4,9H2,1H3,(H,25,26,27). The summed E-state index contributed by atoms with van der Waals surface area (Å²) in [6.45, 7) is 0. The molecule has 0 saturated heterocycles. The average molecular weight is 452 g/mol. The van der Waals surface area contributed by atoms with Crippen molar-refractivity contribution in [3.05, 3.63) is 50.8 Å². The van der Waals surface area contributed by atoms with E-state index in [0.29, 0.717) is 21.8 Å². The number of fused-ring (bicyclic) bond motifs is 8. The van der Waals surface area contributed by atoms with Crippen molar-refractivity contribution in [1.29, 1.82) is 0 Å². The quantitative estimate of drug-likeness (QED) is 0.464. The molecule has 2 aromatic heterocycles. The molecule has 0 atom stereocenters. The van der Waals surface area contributed by atoms with E-state index >= 15 is 0 Å². The first kappa shape index (κ1) is 18.7. The van der Waals surface area contributed by atoms with E-state index in [9.17, 15) is 18.0 Å². The minimum Gasteiger partial charge on any atom is -0.354 e. The van der Waals surface area contributed by atoms with E-state index in [1.807, 2.05) is 23.6 Å². The number of hydrogen-bond donors (Lipinski definition) is 2. The highest BCUT2D eigenvalue weighted by Gasteiger charge is 2.36. The Morgan fingerprint density at radius 1 is 1.10 bits per heavy atom. The van der Waals surface area contributed by atoms with Crippen LogP contribution in [0.1, 0.15) is 43.3 Å². The number of H-pyrrole nitrogens is 1. The van der Waals surface area contributed by atoms with Crippen LogP contribution in [0, 0.1) is 0 Å². The minimum atomic E-state index is -3.16. The van der Waals surface area contributed by atoms with Crippen molar-refractivity contribution in [3.63, 3.8) is 0 Å². The molecule has 2 aliphatic rings. The Morgan fingerprint density at radius 2 is 1.87 bits per heavy atom. The van der Waals surface area contributed by atoms with Crippen LogP contribution in [0.4, 0.5) is 0 Å². The number of sulfone groups is 1. The molecular formula is C22H17N3O4S2. The van der Waals surface area contributed by atoms with Crippen molar-refractivity contribution in [2.24, 2.45) is 0 Å². The van der Waals surface area contributed by atoms with E-state index in [1.54, 1.807) is 0 Å². The molecule has 0 radical (unpaired) electrons. The molecule has 4 aromatic rings. The van der Waals surface area contributed by atoms with Crippen molar-refractivity contribution in [2.75, 3.05) is 6.26 Å². The summed E-state index contributed by atoms with van der Waals surface area (Å²) < 4.78 is 23.2. The molecule has 0 bridgehead atoms. The molecule has 0 saturated carbocycles. The molecule has 6 rings (SSSR count). The third kappa shape index (κ3) is 2.76. The number of aryl methyl sites for hydroxylation is 1. The second-order valence-electron chi connectivity index (χ2n) is 8.18. The van der Waals surface area contributed by atoms with Gasteiger partial charge in [0.2, 0.25) is 0 Å². The van der Waals surface area contributed by atoms with E-state index in [0.717, 1.165) is 57.8 Å². The number of hydrogen-bond acceptors (Lipinski definition) is 6. The van der Waals surface area contributed by atoms with Gasteiger partial charge in [0.15, 0.2) is 9.84 Å². The Bertz CT molecular complexity index is 1580. The summed E-state index contributed by atoms with van der Waals surface area (Å²) in [5.74, 6) is -0.750. The van der Waals surface area contributed by atoms with Crippen LogP contribution in [-0.2, 0) is 28.4 Å². The maximum atomic E-state index is 12.7. The molecule has 1 aliphatic heterocycles. The second-order valence-corrected chi connectivity index (χ2v) is 11.3. The number of amides is 2. The van der Waals surface area contributed by atoms with Gasteiger partial charge in [0.05, 0.1) is 22.3 Å². The lowest BCUT2D eigenvalue weighted by Crippen LogP contribution is -2.20. The van der Waals surface area contributed by atoms with Gasteiger partial charge in [-0.3, -0.25) is 14.9 Å². The van der Waals surface area contributed by atoms with Crippen molar-refractivity contribution in [2.45, 2.75) is 25.0 Å². The fourth-order valence-corrected chi connectivity index (χ4v) is 6.86. The third-order valence-corrected chi connectivity index (χ3v) is 7.86. The molecule has 2 N–H and O–H groups in total. The van der Waals surface area contributed by atoms with Gasteiger partial charge in [-0.05, 0) is 42.5 Å². The molecule has 31 heavy (non-hydrogen) atoms. The summed E-state index contributed by atoms with van der Waals surface area (Å²) in [6.07, 6.45) is 3.83. The van der Waals surface area contributed by atoms with E-state index in [1.165, 1.54) is 17.6 Å². The van der Waals surface area contributed by atoms with Crippen molar-refractivity contribution in [3.8, 4) is 11.3 Å². The van der Waals surface area contributed by atoms with Crippen LogP contribution in [0.25, 0.3) is 33.1 Å². The normalized spacial score (nSPS) is 15.6. The molecule has 0 unspecified atom stereocenters. The molecule has 3 heterocycles. The van der Waals surface area contributed by atoms with Crippen molar-refractivity contribution in [1.82, 2.24) is 15.3 Å². The number of rotatable bonds is 3. The monoisotopic (exact) mass is 451 g/mol. The number of nitrogens with one attached hydrogen (secondary N) is 2. The van der Waals surface area contributed by atoms with Gasteiger partial charge in [0.25, 0.3) is 11.8 Å². The minimum absolute atomic E-state index is 0.0884. The van der Waals surface area contributed by atoms with Crippen LogP contribution >= 0.6 is 11.3 Å². The van der Waals surface area contributed by atoms with Gasteiger partial charge in [-0.2, -0.15) is 0 Å². The summed E-state index contributed by atoms with van der Waals surface area (Å²) in [4.78, 5) is 33.2. The summed E-state index contributed by atoms with van der Waals surface area (Å²) >= 11 is 1.31. The van der Waals surface area contributed by atoms with Gasteiger partial charge in [-0.1, -0.05) is 6.07 Å². The Morgan fingerprint density at radius 3 is 2.68 bits per heavy atom. The predicted molar refractivity (Wildman–Crippen MR) is 119 cm³/mol. The van der Waals surface area contributed by atoms with Crippen LogP contribution in [0.3, 0.4) is 0 Å². The molecule has 7 nitrogen and oxygen atoms in total. The first-order chi connectivity index (χ1) is 14.8. The van der Waals surface area contributed by atoms with Gasteiger partial charge in [-0.25, -0.2) is 13.4 Å². The lowest BCUT2D eigenvalue weighted by molar-refractivity contribution is 0.0880. The van der Waals surface area contributed by atoms with Gasteiger partial charge < -0.3 is 4.98 Å². The highest BCUT2D eigenvalue weighted by atomic mass is 32.2. The zero-order chi connectivity index (χ0) is 21.5. The predicted octanol–water partition coefficient (Wildman–Crippen LogP) is 3.36. The highest BCUT2D eigenvalue weighted by molar-refractivity contribution is 7.90. The largest absolute Gasteiger partial charge is 0.354 e. The average Bonchev–Trinajstić information content (AvgIpc) is 3.45. The van der Waals surface area contributed by atoms with Gasteiger partial charge in [-0.15, -0.1) is 11.3 Å². The number of aromatic amines is 1. The Balaban J connectivity index is 1.60. The Labute approximate surface area is 181 Å². The number of carbonyl (C=O) groups is 2. The molecule has 9 heteroatoms. The number of nitrogens with zero attached hydrogens (tertiary/aromatic N) is 1. The van der Waals surface area contributed by atoms with E-state index < -0.39 is 9.84 Å². The topological polar surface area (TPSA) is 109 Å². The molecule has 1 aliphatic carbocycles. The van der Waals surface area contributed by atoms with Crippen LogP contribution in [0.2, 0.25) is 0 Å².